The monoisotopic (exact) mass is 256 g/mol. The molecule has 0 spiro atoms. The average molecular weight is 256 g/mol. The van der Waals surface area contributed by atoms with Crippen molar-refractivity contribution in [1.82, 2.24) is 14.9 Å². The van der Waals surface area contributed by atoms with Gasteiger partial charge in [0.05, 0.1) is 0 Å². The highest BCUT2D eigenvalue weighted by Crippen LogP contribution is 2.09. The number of amides is 1. The Balaban J connectivity index is 2.05. The molecular weight excluding hydrogens is 240 g/mol. The quantitative estimate of drug-likeness (QED) is 0.906. The molecule has 1 amide bonds. The lowest BCUT2D eigenvalue weighted by Gasteiger charge is -2.11. The Labute approximate surface area is 112 Å². The summed E-state index contributed by atoms with van der Waals surface area (Å²) in [6.07, 6.45) is 3.18. The predicted octanol–water partition coefficient (Wildman–Crippen LogP) is 1.79. The van der Waals surface area contributed by atoms with Crippen LogP contribution in [0, 0.1) is 0 Å². The van der Waals surface area contributed by atoms with Gasteiger partial charge in [-0.3, -0.25) is 4.79 Å². The SMILES string of the molecule is CN(C)C(=O)c1cccc(CNc2ccncn2)c1. The van der Waals surface area contributed by atoms with Gasteiger partial charge >= 0.3 is 0 Å². The van der Waals surface area contributed by atoms with Crippen LogP contribution in [0.3, 0.4) is 0 Å². The Morgan fingerprint density at radius 3 is 2.84 bits per heavy atom. The van der Waals surface area contributed by atoms with Crippen LogP contribution < -0.4 is 5.32 Å². The third-order valence-electron chi connectivity index (χ3n) is 2.64. The molecule has 5 nitrogen and oxygen atoms in total. The highest BCUT2D eigenvalue weighted by Gasteiger charge is 2.07. The van der Waals surface area contributed by atoms with Crippen LogP contribution in [-0.4, -0.2) is 34.9 Å². The van der Waals surface area contributed by atoms with Crippen molar-refractivity contribution in [2.24, 2.45) is 0 Å². The van der Waals surface area contributed by atoms with Crippen molar-refractivity contribution in [2.75, 3.05) is 19.4 Å². The van der Waals surface area contributed by atoms with Crippen molar-refractivity contribution in [3.63, 3.8) is 0 Å². The average Bonchev–Trinajstić information content (AvgIpc) is 2.45. The van der Waals surface area contributed by atoms with E-state index in [1.54, 1.807) is 31.3 Å². The zero-order chi connectivity index (χ0) is 13.7. The molecule has 0 radical (unpaired) electrons. The Morgan fingerprint density at radius 2 is 2.16 bits per heavy atom. The van der Waals surface area contributed by atoms with Crippen molar-refractivity contribution in [3.05, 3.63) is 54.0 Å². The number of aromatic nitrogens is 2. The number of carbonyl (C=O) groups excluding carboxylic acids is 1. The van der Waals surface area contributed by atoms with Crippen LogP contribution in [0.1, 0.15) is 15.9 Å². The molecular formula is C14H16N4O. The van der Waals surface area contributed by atoms with Crippen LogP contribution in [0.5, 0.6) is 0 Å². The highest BCUT2D eigenvalue weighted by atomic mass is 16.2. The Hall–Kier alpha value is -2.43. The summed E-state index contributed by atoms with van der Waals surface area (Å²) >= 11 is 0. The lowest BCUT2D eigenvalue weighted by molar-refractivity contribution is 0.0827. The Morgan fingerprint density at radius 1 is 1.32 bits per heavy atom. The first-order chi connectivity index (χ1) is 9.16. The summed E-state index contributed by atoms with van der Waals surface area (Å²) in [4.78, 5) is 21.4. The van der Waals surface area contributed by atoms with Crippen LogP contribution in [0.2, 0.25) is 0 Å². The Bertz CT molecular complexity index is 554. The second-order valence-electron chi connectivity index (χ2n) is 4.35. The molecule has 5 heteroatoms. The van der Waals surface area contributed by atoms with Crippen molar-refractivity contribution in [3.8, 4) is 0 Å². The number of carbonyl (C=O) groups is 1. The summed E-state index contributed by atoms with van der Waals surface area (Å²) in [6, 6.07) is 9.36. The number of nitrogens with zero attached hydrogens (tertiary/aromatic N) is 3. The summed E-state index contributed by atoms with van der Waals surface area (Å²) in [6.45, 7) is 0.617. The maximum absolute atomic E-state index is 11.9. The number of hydrogen-bond acceptors (Lipinski definition) is 4. The van der Waals surface area contributed by atoms with Crippen LogP contribution in [0.4, 0.5) is 5.82 Å². The van der Waals surface area contributed by atoms with Gasteiger partial charge in [-0.15, -0.1) is 0 Å². The molecule has 0 saturated carbocycles. The van der Waals surface area contributed by atoms with Crippen LogP contribution in [0.25, 0.3) is 0 Å². The molecule has 2 rings (SSSR count). The van der Waals surface area contributed by atoms with E-state index in [-0.39, 0.29) is 5.91 Å². The molecule has 2 aromatic rings. The largest absolute Gasteiger partial charge is 0.366 e. The zero-order valence-electron chi connectivity index (χ0n) is 11.0. The molecule has 1 N–H and O–H groups in total. The van der Waals surface area contributed by atoms with Crippen molar-refractivity contribution >= 4 is 11.7 Å². The fourth-order valence-electron chi connectivity index (χ4n) is 1.66. The summed E-state index contributed by atoms with van der Waals surface area (Å²) < 4.78 is 0. The summed E-state index contributed by atoms with van der Waals surface area (Å²) in [5, 5.41) is 3.18. The lowest BCUT2D eigenvalue weighted by atomic mass is 10.1. The summed E-state index contributed by atoms with van der Waals surface area (Å²) in [5.74, 6) is 0.767. The van der Waals surface area contributed by atoms with E-state index in [0.717, 1.165) is 11.4 Å². The zero-order valence-corrected chi connectivity index (χ0v) is 11.0. The van der Waals surface area contributed by atoms with Crippen LogP contribution >= 0.6 is 0 Å². The molecule has 19 heavy (non-hydrogen) atoms. The van der Waals surface area contributed by atoms with E-state index in [0.29, 0.717) is 12.1 Å². The fraction of sp³-hybridized carbons (Fsp3) is 0.214. The van der Waals surface area contributed by atoms with Gasteiger partial charge in [0.15, 0.2) is 0 Å². The summed E-state index contributed by atoms with van der Waals surface area (Å²) in [7, 11) is 3.49. The number of nitrogens with one attached hydrogen (secondary N) is 1. The highest BCUT2D eigenvalue weighted by molar-refractivity contribution is 5.94. The normalized spacial score (nSPS) is 10.0. The van der Waals surface area contributed by atoms with Gasteiger partial charge in [-0.25, -0.2) is 9.97 Å². The van der Waals surface area contributed by atoms with E-state index >= 15 is 0 Å². The van der Waals surface area contributed by atoms with E-state index in [2.05, 4.69) is 15.3 Å². The molecule has 98 valence electrons. The van der Waals surface area contributed by atoms with E-state index in [9.17, 15) is 4.79 Å². The first-order valence-electron chi connectivity index (χ1n) is 5.97. The lowest BCUT2D eigenvalue weighted by Crippen LogP contribution is -2.21. The first kappa shape index (κ1) is 13.0. The molecule has 0 unspecified atom stereocenters. The molecule has 0 fully saturated rings. The first-order valence-corrected chi connectivity index (χ1v) is 5.97. The molecule has 0 atom stereocenters. The maximum Gasteiger partial charge on any atom is 0.253 e. The number of anilines is 1. The van der Waals surface area contributed by atoms with Gasteiger partial charge in [-0.05, 0) is 23.8 Å². The minimum Gasteiger partial charge on any atom is -0.366 e. The molecule has 0 aliphatic heterocycles. The van der Waals surface area contributed by atoms with Crippen LogP contribution in [0.15, 0.2) is 42.9 Å². The smallest absolute Gasteiger partial charge is 0.253 e. The summed E-state index contributed by atoms with van der Waals surface area (Å²) in [5.41, 5.74) is 1.72. The van der Waals surface area contributed by atoms with E-state index in [1.165, 1.54) is 6.33 Å². The van der Waals surface area contributed by atoms with Crippen molar-refractivity contribution < 1.29 is 4.79 Å². The van der Waals surface area contributed by atoms with E-state index in [4.69, 9.17) is 0 Å². The van der Waals surface area contributed by atoms with Gasteiger partial charge in [-0.2, -0.15) is 0 Å². The second kappa shape index (κ2) is 5.95. The standard InChI is InChI=1S/C14H16N4O/c1-18(2)14(19)12-5-3-4-11(8-12)9-16-13-6-7-15-10-17-13/h3-8,10H,9H2,1-2H3,(H,15,16,17). The number of rotatable bonds is 4. The molecule has 1 heterocycles. The predicted molar refractivity (Wildman–Crippen MR) is 73.8 cm³/mol. The Kier molecular flexibility index (Phi) is 4.07. The minimum atomic E-state index is 0.00360. The molecule has 1 aromatic carbocycles. The minimum absolute atomic E-state index is 0.00360. The molecule has 0 aliphatic rings. The topological polar surface area (TPSA) is 58.1 Å². The molecule has 0 saturated heterocycles. The molecule has 0 bridgehead atoms. The third kappa shape index (κ3) is 3.51. The van der Waals surface area contributed by atoms with Gasteiger partial charge in [0, 0.05) is 32.4 Å². The fourth-order valence-corrected chi connectivity index (χ4v) is 1.66. The van der Waals surface area contributed by atoms with Gasteiger partial charge in [0.2, 0.25) is 0 Å². The number of benzene rings is 1. The maximum atomic E-state index is 11.9. The number of hydrogen-bond donors (Lipinski definition) is 1. The second-order valence-corrected chi connectivity index (χ2v) is 4.35. The molecule has 1 aromatic heterocycles. The molecule has 0 aliphatic carbocycles. The van der Waals surface area contributed by atoms with E-state index in [1.807, 2.05) is 24.3 Å². The van der Waals surface area contributed by atoms with E-state index < -0.39 is 0 Å². The van der Waals surface area contributed by atoms with Crippen molar-refractivity contribution in [1.29, 1.82) is 0 Å². The van der Waals surface area contributed by atoms with Gasteiger partial charge < -0.3 is 10.2 Å². The van der Waals surface area contributed by atoms with Crippen molar-refractivity contribution in [2.45, 2.75) is 6.54 Å². The van der Waals surface area contributed by atoms with Gasteiger partial charge in [0.25, 0.3) is 5.91 Å². The van der Waals surface area contributed by atoms with Gasteiger partial charge in [-0.1, -0.05) is 12.1 Å². The third-order valence-corrected chi connectivity index (χ3v) is 2.64. The van der Waals surface area contributed by atoms with Gasteiger partial charge in [0.1, 0.15) is 12.1 Å². The van der Waals surface area contributed by atoms with Crippen LogP contribution in [-0.2, 0) is 6.54 Å².